The summed E-state index contributed by atoms with van der Waals surface area (Å²) in [5.74, 6) is 1.95. The molecule has 0 amide bonds. The zero-order chi connectivity index (χ0) is 27.5. The predicted molar refractivity (Wildman–Crippen MR) is 149 cm³/mol. The number of halogens is 1. The lowest BCUT2D eigenvalue weighted by molar-refractivity contribution is -0.133. The summed E-state index contributed by atoms with van der Waals surface area (Å²) >= 11 is 0. The van der Waals surface area contributed by atoms with Gasteiger partial charge >= 0.3 is 5.97 Å². The van der Waals surface area contributed by atoms with Gasteiger partial charge in [-0.05, 0) is 92.4 Å². The first-order valence-corrected chi connectivity index (χ1v) is 12.9. The van der Waals surface area contributed by atoms with Crippen molar-refractivity contribution in [2.24, 2.45) is 0 Å². The Bertz CT molecular complexity index is 1490. The molecule has 0 spiro atoms. The number of benzene rings is 3. The molecule has 1 unspecified atom stereocenters. The van der Waals surface area contributed by atoms with Crippen molar-refractivity contribution in [3.8, 4) is 11.5 Å². The SMILES string of the molecule is COc1ccc(CC(=O)Oc2ccc3c(c2)C(C)N(c2nc(Nc4ccc(F)cc4)nc(C)c2C)CC3)cc1. The fourth-order valence-corrected chi connectivity index (χ4v) is 4.83. The van der Waals surface area contributed by atoms with Crippen LogP contribution in [-0.2, 0) is 17.6 Å². The van der Waals surface area contributed by atoms with E-state index >= 15 is 0 Å². The summed E-state index contributed by atoms with van der Waals surface area (Å²) in [7, 11) is 1.61. The highest BCUT2D eigenvalue weighted by molar-refractivity contribution is 5.75. The van der Waals surface area contributed by atoms with Gasteiger partial charge in [0.2, 0.25) is 5.95 Å². The molecule has 1 aliphatic heterocycles. The second-order valence-electron chi connectivity index (χ2n) is 9.69. The van der Waals surface area contributed by atoms with Crippen LogP contribution in [0.5, 0.6) is 11.5 Å². The number of carbonyl (C=O) groups is 1. The van der Waals surface area contributed by atoms with Gasteiger partial charge in [0.15, 0.2) is 0 Å². The maximum atomic E-state index is 13.3. The standard InChI is InChI=1S/C31H31FN4O3/c1-19-20(2)33-31(34-25-10-8-24(32)9-11-25)35-30(19)36-16-15-23-7-14-27(18-28(23)21(36)3)39-29(37)17-22-5-12-26(38-4)13-6-22/h5-14,18,21H,15-17H2,1-4H3,(H,33,34,35). The van der Waals surface area contributed by atoms with Crippen LogP contribution < -0.4 is 19.7 Å². The third-order valence-electron chi connectivity index (χ3n) is 7.13. The van der Waals surface area contributed by atoms with E-state index in [0.717, 1.165) is 46.9 Å². The van der Waals surface area contributed by atoms with E-state index in [1.54, 1.807) is 19.2 Å². The molecule has 0 saturated carbocycles. The largest absolute Gasteiger partial charge is 0.497 e. The molecular weight excluding hydrogens is 495 g/mol. The van der Waals surface area contributed by atoms with Gasteiger partial charge < -0.3 is 19.7 Å². The number of nitrogens with one attached hydrogen (secondary N) is 1. The topological polar surface area (TPSA) is 76.6 Å². The van der Waals surface area contributed by atoms with Crippen LogP contribution in [0.25, 0.3) is 0 Å². The number of aromatic nitrogens is 2. The van der Waals surface area contributed by atoms with Crippen molar-refractivity contribution < 1.29 is 18.7 Å². The number of methoxy groups -OCH3 is 1. The average molecular weight is 527 g/mol. The first-order chi connectivity index (χ1) is 18.8. The van der Waals surface area contributed by atoms with Gasteiger partial charge in [-0.1, -0.05) is 18.2 Å². The Hall–Kier alpha value is -4.46. The van der Waals surface area contributed by atoms with E-state index in [1.807, 2.05) is 56.3 Å². The lowest BCUT2D eigenvalue weighted by atomic mass is 9.93. The molecular formula is C31H31FN4O3. The second-order valence-corrected chi connectivity index (χ2v) is 9.69. The number of esters is 1. The Morgan fingerprint density at radius 3 is 2.46 bits per heavy atom. The van der Waals surface area contributed by atoms with Crippen LogP contribution in [0.2, 0.25) is 0 Å². The number of rotatable bonds is 7. The fraction of sp³-hybridized carbons (Fsp3) is 0.258. The Morgan fingerprint density at radius 1 is 1.03 bits per heavy atom. The molecule has 0 aliphatic carbocycles. The molecule has 0 saturated heterocycles. The molecule has 1 aromatic heterocycles. The van der Waals surface area contributed by atoms with E-state index in [2.05, 4.69) is 22.1 Å². The van der Waals surface area contributed by atoms with Gasteiger partial charge in [-0.3, -0.25) is 4.79 Å². The summed E-state index contributed by atoms with van der Waals surface area (Å²) < 4.78 is 24.2. The highest BCUT2D eigenvalue weighted by Crippen LogP contribution is 2.37. The molecule has 1 aliphatic rings. The summed E-state index contributed by atoms with van der Waals surface area (Å²) in [6.45, 7) is 6.90. The molecule has 2 heterocycles. The summed E-state index contributed by atoms with van der Waals surface area (Å²) in [6, 6.07) is 19.3. The molecule has 5 rings (SSSR count). The number of ether oxygens (including phenoxy) is 2. The maximum absolute atomic E-state index is 13.3. The van der Waals surface area contributed by atoms with Crippen LogP contribution in [0.15, 0.2) is 66.7 Å². The van der Waals surface area contributed by atoms with E-state index in [-0.39, 0.29) is 24.2 Å². The van der Waals surface area contributed by atoms with Gasteiger partial charge in [0.05, 0.1) is 19.6 Å². The van der Waals surface area contributed by atoms with Crippen molar-refractivity contribution in [1.82, 2.24) is 9.97 Å². The fourth-order valence-electron chi connectivity index (χ4n) is 4.83. The van der Waals surface area contributed by atoms with Crippen molar-refractivity contribution in [2.45, 2.75) is 39.7 Å². The van der Waals surface area contributed by atoms with E-state index in [4.69, 9.17) is 14.5 Å². The highest BCUT2D eigenvalue weighted by Gasteiger charge is 2.28. The molecule has 8 heteroatoms. The number of anilines is 3. The number of fused-ring (bicyclic) bond motifs is 1. The molecule has 0 radical (unpaired) electrons. The van der Waals surface area contributed by atoms with Crippen molar-refractivity contribution in [3.63, 3.8) is 0 Å². The molecule has 200 valence electrons. The quantitative estimate of drug-likeness (QED) is 0.225. The van der Waals surface area contributed by atoms with Crippen molar-refractivity contribution in [1.29, 1.82) is 0 Å². The van der Waals surface area contributed by atoms with E-state index in [1.165, 1.54) is 17.7 Å². The number of carbonyl (C=O) groups excluding carboxylic acids is 1. The summed E-state index contributed by atoms with van der Waals surface area (Å²) in [6.07, 6.45) is 1.01. The van der Waals surface area contributed by atoms with E-state index in [9.17, 15) is 9.18 Å². The van der Waals surface area contributed by atoms with Gasteiger partial charge in [-0.25, -0.2) is 9.37 Å². The van der Waals surface area contributed by atoms with Crippen LogP contribution in [0, 0.1) is 19.7 Å². The normalized spacial score (nSPS) is 14.5. The third kappa shape index (κ3) is 5.85. The molecule has 0 bridgehead atoms. The molecule has 0 fully saturated rings. The van der Waals surface area contributed by atoms with Crippen molar-refractivity contribution in [3.05, 3.63) is 100 Å². The van der Waals surface area contributed by atoms with Gasteiger partial charge in [-0.2, -0.15) is 4.98 Å². The number of aryl methyl sites for hydroxylation is 1. The lowest BCUT2D eigenvalue weighted by Gasteiger charge is -2.37. The van der Waals surface area contributed by atoms with E-state index in [0.29, 0.717) is 17.4 Å². The monoisotopic (exact) mass is 526 g/mol. The molecule has 1 atom stereocenters. The molecule has 4 aromatic rings. The van der Waals surface area contributed by atoms with Crippen LogP contribution in [-0.4, -0.2) is 29.6 Å². The van der Waals surface area contributed by atoms with Crippen LogP contribution in [0.3, 0.4) is 0 Å². The highest BCUT2D eigenvalue weighted by atomic mass is 19.1. The smallest absolute Gasteiger partial charge is 0.315 e. The van der Waals surface area contributed by atoms with Crippen molar-refractivity contribution >= 4 is 23.4 Å². The molecule has 3 aromatic carbocycles. The molecule has 1 N–H and O–H groups in total. The summed E-state index contributed by atoms with van der Waals surface area (Å²) in [5.41, 5.74) is 5.75. The average Bonchev–Trinajstić information content (AvgIpc) is 2.93. The lowest BCUT2D eigenvalue weighted by Crippen LogP contribution is -2.35. The first kappa shape index (κ1) is 26.2. The minimum absolute atomic E-state index is 0.000612. The third-order valence-corrected chi connectivity index (χ3v) is 7.13. The van der Waals surface area contributed by atoms with Gasteiger partial charge in [0.1, 0.15) is 23.1 Å². The zero-order valence-corrected chi connectivity index (χ0v) is 22.5. The Balaban J connectivity index is 1.34. The second kappa shape index (κ2) is 11.1. The minimum Gasteiger partial charge on any atom is -0.497 e. The van der Waals surface area contributed by atoms with Crippen LogP contribution in [0.1, 0.15) is 40.9 Å². The Labute approximate surface area is 227 Å². The summed E-state index contributed by atoms with van der Waals surface area (Å²) in [5, 5.41) is 3.19. The predicted octanol–water partition coefficient (Wildman–Crippen LogP) is 6.26. The molecule has 7 nitrogen and oxygen atoms in total. The zero-order valence-electron chi connectivity index (χ0n) is 22.5. The van der Waals surface area contributed by atoms with Gasteiger partial charge in [-0.15, -0.1) is 0 Å². The minimum atomic E-state index is -0.320. The van der Waals surface area contributed by atoms with Crippen LogP contribution >= 0.6 is 0 Å². The maximum Gasteiger partial charge on any atom is 0.315 e. The Kier molecular flexibility index (Phi) is 7.45. The first-order valence-electron chi connectivity index (χ1n) is 12.9. The Morgan fingerprint density at radius 2 is 1.74 bits per heavy atom. The molecule has 39 heavy (non-hydrogen) atoms. The number of hydrogen-bond acceptors (Lipinski definition) is 7. The number of nitrogens with zero attached hydrogens (tertiary/aromatic N) is 3. The van der Waals surface area contributed by atoms with Crippen LogP contribution in [0.4, 0.5) is 21.8 Å². The summed E-state index contributed by atoms with van der Waals surface area (Å²) in [4.78, 5) is 24.3. The van der Waals surface area contributed by atoms with E-state index < -0.39 is 0 Å². The number of hydrogen-bond donors (Lipinski definition) is 1. The van der Waals surface area contributed by atoms with Gasteiger partial charge in [0, 0.05) is 23.5 Å². The van der Waals surface area contributed by atoms with Gasteiger partial charge in [0.25, 0.3) is 0 Å². The van der Waals surface area contributed by atoms with Crippen molar-refractivity contribution in [2.75, 3.05) is 23.9 Å².